The van der Waals surface area contributed by atoms with Gasteiger partial charge in [0, 0.05) is 24.5 Å². The van der Waals surface area contributed by atoms with E-state index in [9.17, 15) is 13.2 Å². The number of sulfonamides is 1. The predicted molar refractivity (Wildman–Crippen MR) is 87.3 cm³/mol. The second-order valence-corrected chi connectivity index (χ2v) is 9.02. The molecule has 1 aliphatic rings. The predicted octanol–water partition coefficient (Wildman–Crippen LogP) is 1.12. The molecule has 2 heterocycles. The zero-order valence-electron chi connectivity index (χ0n) is 13.3. The van der Waals surface area contributed by atoms with Crippen LogP contribution in [0, 0.1) is 12.8 Å². The van der Waals surface area contributed by atoms with E-state index < -0.39 is 10.0 Å². The van der Waals surface area contributed by atoms with Gasteiger partial charge >= 0.3 is 0 Å². The molecule has 0 radical (unpaired) electrons. The molecule has 1 aliphatic heterocycles. The summed E-state index contributed by atoms with van der Waals surface area (Å²) in [4.78, 5) is 19.0. The minimum absolute atomic E-state index is 0.0310. The van der Waals surface area contributed by atoms with E-state index in [1.165, 1.54) is 15.6 Å². The Morgan fingerprint density at radius 3 is 2.64 bits per heavy atom. The Morgan fingerprint density at radius 2 is 2.09 bits per heavy atom. The summed E-state index contributed by atoms with van der Waals surface area (Å²) in [5.41, 5.74) is 2.61. The first-order valence-electron chi connectivity index (χ1n) is 7.44. The van der Waals surface area contributed by atoms with Gasteiger partial charge in [-0.05, 0) is 19.3 Å². The van der Waals surface area contributed by atoms with Crippen molar-refractivity contribution in [2.45, 2.75) is 27.2 Å². The SMILES string of the molecule is Cc1ncsc1CCS(=O)(=O)N1CCN(CC(C)C)C(=O)C1. The van der Waals surface area contributed by atoms with Crippen molar-refractivity contribution >= 4 is 27.3 Å². The minimum atomic E-state index is -3.40. The Labute approximate surface area is 136 Å². The molecule has 0 N–H and O–H groups in total. The summed E-state index contributed by atoms with van der Waals surface area (Å²) < 4.78 is 26.1. The normalized spacial score (nSPS) is 17.5. The number of thiazole rings is 1. The highest BCUT2D eigenvalue weighted by atomic mass is 32.2. The molecule has 6 nitrogen and oxygen atoms in total. The van der Waals surface area contributed by atoms with Crippen LogP contribution in [0.25, 0.3) is 0 Å². The van der Waals surface area contributed by atoms with Crippen LogP contribution in [-0.2, 0) is 21.2 Å². The molecule has 0 saturated carbocycles. The quantitative estimate of drug-likeness (QED) is 0.775. The van der Waals surface area contributed by atoms with Crippen molar-refractivity contribution in [2.24, 2.45) is 5.92 Å². The van der Waals surface area contributed by atoms with Crippen LogP contribution >= 0.6 is 11.3 Å². The first kappa shape index (κ1) is 17.4. The van der Waals surface area contributed by atoms with Crippen LogP contribution in [0.15, 0.2) is 5.51 Å². The number of hydrogen-bond acceptors (Lipinski definition) is 5. The molecule has 1 aromatic rings. The van der Waals surface area contributed by atoms with Crippen LogP contribution in [0.1, 0.15) is 24.4 Å². The van der Waals surface area contributed by atoms with Gasteiger partial charge in [0.25, 0.3) is 0 Å². The van der Waals surface area contributed by atoms with Crippen LogP contribution in [0.4, 0.5) is 0 Å². The third-order valence-electron chi connectivity index (χ3n) is 3.69. The molecule has 0 spiro atoms. The van der Waals surface area contributed by atoms with Crippen molar-refractivity contribution in [3.63, 3.8) is 0 Å². The summed E-state index contributed by atoms with van der Waals surface area (Å²) >= 11 is 1.48. The Hall–Kier alpha value is -0.990. The van der Waals surface area contributed by atoms with Crippen LogP contribution in [0.2, 0.25) is 0 Å². The summed E-state index contributed by atoms with van der Waals surface area (Å²) in [6, 6.07) is 0. The van der Waals surface area contributed by atoms with Crippen LogP contribution in [0.3, 0.4) is 0 Å². The highest BCUT2D eigenvalue weighted by Gasteiger charge is 2.31. The zero-order valence-corrected chi connectivity index (χ0v) is 14.9. The Morgan fingerprint density at radius 1 is 1.36 bits per heavy atom. The smallest absolute Gasteiger partial charge is 0.237 e. The van der Waals surface area contributed by atoms with Gasteiger partial charge in [-0.25, -0.2) is 13.4 Å². The van der Waals surface area contributed by atoms with Crippen LogP contribution in [0.5, 0.6) is 0 Å². The van der Waals surface area contributed by atoms with Crippen molar-refractivity contribution < 1.29 is 13.2 Å². The first-order valence-corrected chi connectivity index (χ1v) is 9.93. The fourth-order valence-electron chi connectivity index (χ4n) is 2.48. The van der Waals surface area contributed by atoms with E-state index in [1.807, 2.05) is 20.8 Å². The van der Waals surface area contributed by atoms with Gasteiger partial charge < -0.3 is 4.90 Å². The molecular formula is C14H23N3O3S2. The molecule has 8 heteroatoms. The molecule has 1 fully saturated rings. The number of aromatic nitrogens is 1. The molecule has 1 saturated heterocycles. The maximum absolute atomic E-state index is 12.4. The van der Waals surface area contributed by atoms with E-state index in [0.717, 1.165) is 10.6 Å². The Balaban J connectivity index is 1.94. The average Bonchev–Trinajstić information content (AvgIpc) is 2.84. The topological polar surface area (TPSA) is 70.6 Å². The second kappa shape index (κ2) is 7.06. The highest BCUT2D eigenvalue weighted by molar-refractivity contribution is 7.89. The molecule has 124 valence electrons. The lowest BCUT2D eigenvalue weighted by molar-refractivity contribution is -0.134. The lowest BCUT2D eigenvalue weighted by Crippen LogP contribution is -2.53. The molecule has 1 amide bonds. The van der Waals surface area contributed by atoms with Gasteiger partial charge in [-0.3, -0.25) is 4.79 Å². The van der Waals surface area contributed by atoms with E-state index in [4.69, 9.17) is 0 Å². The molecule has 0 aliphatic carbocycles. The van der Waals surface area contributed by atoms with Crippen molar-refractivity contribution in [1.82, 2.24) is 14.2 Å². The van der Waals surface area contributed by atoms with Crippen LogP contribution < -0.4 is 0 Å². The monoisotopic (exact) mass is 345 g/mol. The van der Waals surface area contributed by atoms with Gasteiger partial charge in [-0.15, -0.1) is 11.3 Å². The fraction of sp³-hybridized carbons (Fsp3) is 0.714. The maximum atomic E-state index is 12.4. The highest BCUT2D eigenvalue weighted by Crippen LogP contribution is 2.16. The molecule has 0 unspecified atom stereocenters. The van der Waals surface area contributed by atoms with E-state index in [-0.39, 0.29) is 18.2 Å². The number of piperazine rings is 1. The van der Waals surface area contributed by atoms with E-state index in [0.29, 0.717) is 32.0 Å². The number of carbonyl (C=O) groups excluding carboxylic acids is 1. The Kier molecular flexibility index (Phi) is 5.57. The molecule has 0 aromatic carbocycles. The summed E-state index contributed by atoms with van der Waals surface area (Å²) in [6.45, 7) is 7.51. The van der Waals surface area contributed by atoms with Gasteiger partial charge in [-0.1, -0.05) is 13.8 Å². The van der Waals surface area contributed by atoms with E-state index >= 15 is 0 Å². The average molecular weight is 345 g/mol. The van der Waals surface area contributed by atoms with Gasteiger partial charge in [0.1, 0.15) is 0 Å². The van der Waals surface area contributed by atoms with Crippen molar-refractivity contribution in [2.75, 3.05) is 31.9 Å². The summed E-state index contributed by atoms with van der Waals surface area (Å²) in [7, 11) is -3.40. The summed E-state index contributed by atoms with van der Waals surface area (Å²) in [5.74, 6) is 0.326. The lowest BCUT2D eigenvalue weighted by atomic mass is 10.2. The number of aryl methyl sites for hydroxylation is 2. The second-order valence-electron chi connectivity index (χ2n) is 5.99. The lowest BCUT2D eigenvalue weighted by Gasteiger charge is -2.34. The third-order valence-corrected chi connectivity index (χ3v) is 6.51. The molecular weight excluding hydrogens is 322 g/mol. The largest absolute Gasteiger partial charge is 0.340 e. The van der Waals surface area contributed by atoms with Gasteiger partial charge in [0.05, 0.1) is 23.5 Å². The van der Waals surface area contributed by atoms with Crippen molar-refractivity contribution in [1.29, 1.82) is 0 Å². The van der Waals surface area contributed by atoms with E-state index in [1.54, 1.807) is 10.4 Å². The van der Waals surface area contributed by atoms with E-state index in [2.05, 4.69) is 4.98 Å². The number of hydrogen-bond donors (Lipinski definition) is 0. The number of rotatable bonds is 6. The zero-order chi connectivity index (χ0) is 16.3. The standard InChI is InChI=1S/C14H23N3O3S2/c1-11(2)8-16-5-6-17(9-14(16)18)22(19,20)7-4-13-12(3)15-10-21-13/h10-11H,4-9H2,1-3H3. The van der Waals surface area contributed by atoms with Crippen LogP contribution in [-0.4, -0.2) is 60.4 Å². The number of nitrogens with zero attached hydrogens (tertiary/aromatic N) is 3. The fourth-order valence-corrected chi connectivity index (χ4v) is 4.77. The molecule has 0 bridgehead atoms. The minimum Gasteiger partial charge on any atom is -0.340 e. The molecule has 1 aromatic heterocycles. The van der Waals surface area contributed by atoms with Crippen molar-refractivity contribution in [3.8, 4) is 0 Å². The van der Waals surface area contributed by atoms with Crippen molar-refractivity contribution in [3.05, 3.63) is 16.1 Å². The first-order chi connectivity index (χ1) is 10.3. The third kappa shape index (κ3) is 4.27. The number of carbonyl (C=O) groups is 1. The number of amides is 1. The Bertz CT molecular complexity index is 625. The summed E-state index contributed by atoms with van der Waals surface area (Å²) in [5, 5.41) is 0. The molecule has 0 atom stereocenters. The summed E-state index contributed by atoms with van der Waals surface area (Å²) in [6.07, 6.45) is 0.458. The molecule has 2 rings (SSSR count). The van der Waals surface area contributed by atoms with Gasteiger partial charge in [0.15, 0.2) is 0 Å². The van der Waals surface area contributed by atoms with Gasteiger partial charge in [-0.2, -0.15) is 4.31 Å². The van der Waals surface area contributed by atoms with Gasteiger partial charge in [0.2, 0.25) is 15.9 Å². The maximum Gasteiger partial charge on any atom is 0.237 e. The molecule has 22 heavy (non-hydrogen) atoms.